The number of benzene rings is 2. The van der Waals surface area contributed by atoms with Crippen molar-refractivity contribution in [1.82, 2.24) is 25.3 Å². The Bertz CT molecular complexity index is 1350. The van der Waals surface area contributed by atoms with Gasteiger partial charge in [0.1, 0.15) is 11.6 Å². The highest BCUT2D eigenvalue weighted by Gasteiger charge is 2.19. The van der Waals surface area contributed by atoms with Gasteiger partial charge in [0.15, 0.2) is 5.65 Å². The summed E-state index contributed by atoms with van der Waals surface area (Å²) in [6.07, 6.45) is 1.80. The first kappa shape index (κ1) is 23.9. The normalized spacial score (nSPS) is 11.0. The molecule has 1 amide bonds. The number of aromatic nitrogens is 4. The van der Waals surface area contributed by atoms with Crippen LogP contribution in [0.4, 0.5) is 17.7 Å². The summed E-state index contributed by atoms with van der Waals surface area (Å²) in [5.74, 6) is 1.27. The molecule has 2 heterocycles. The van der Waals surface area contributed by atoms with Gasteiger partial charge in [0.25, 0.3) is 0 Å². The van der Waals surface area contributed by atoms with E-state index in [1.807, 2.05) is 42.2 Å². The third-order valence-electron chi connectivity index (χ3n) is 5.49. The lowest BCUT2D eigenvalue weighted by atomic mass is 10.0. The van der Waals surface area contributed by atoms with Crippen LogP contribution in [0.15, 0.2) is 42.6 Å². The molecule has 0 atom stereocenters. The van der Waals surface area contributed by atoms with Gasteiger partial charge in [0.2, 0.25) is 17.8 Å². The first-order valence-corrected chi connectivity index (χ1v) is 11.4. The van der Waals surface area contributed by atoms with E-state index in [4.69, 9.17) is 21.9 Å². The Balaban J connectivity index is 1.75. The molecular formula is C24H29N9O2. The minimum atomic E-state index is -0.111. The molecule has 4 aromatic rings. The predicted octanol–water partition coefficient (Wildman–Crippen LogP) is 1.61. The van der Waals surface area contributed by atoms with Gasteiger partial charge in [-0.1, -0.05) is 30.3 Å². The Morgan fingerprint density at radius 1 is 1.09 bits per heavy atom. The highest BCUT2D eigenvalue weighted by molar-refractivity contribution is 5.88. The van der Waals surface area contributed by atoms with Crippen molar-refractivity contribution in [2.45, 2.75) is 19.9 Å². The molecule has 11 heteroatoms. The van der Waals surface area contributed by atoms with Gasteiger partial charge >= 0.3 is 0 Å². The van der Waals surface area contributed by atoms with Gasteiger partial charge in [-0.05, 0) is 23.8 Å². The van der Waals surface area contributed by atoms with Crippen molar-refractivity contribution in [2.24, 2.45) is 5.73 Å². The second-order valence-corrected chi connectivity index (χ2v) is 7.88. The van der Waals surface area contributed by atoms with Gasteiger partial charge in [-0.25, -0.2) is 4.98 Å². The SMILES string of the molecule is CCOc1ccc2ccccc2c1CN(CCC(=O)NCCN)c1ncc2c(N)nc(N)nc2n1. The van der Waals surface area contributed by atoms with Crippen molar-refractivity contribution >= 4 is 45.4 Å². The number of nitrogen functional groups attached to an aromatic ring is 2. The van der Waals surface area contributed by atoms with E-state index >= 15 is 0 Å². The standard InChI is InChI=1S/C24H29N9O2/c1-2-35-19-8-7-15-5-3-4-6-16(15)18(19)14-33(12-9-20(34)28-11-10-25)24-29-13-17-21(26)30-23(27)31-22(17)32-24/h3-8,13H,2,9-12,14,25H2,1H3,(H,28,34)(H4,26,27,29,30,31,32). The second-order valence-electron chi connectivity index (χ2n) is 7.88. The topological polar surface area (TPSA) is 171 Å². The molecule has 0 aliphatic rings. The summed E-state index contributed by atoms with van der Waals surface area (Å²) in [4.78, 5) is 31.6. The van der Waals surface area contributed by atoms with E-state index in [-0.39, 0.29) is 24.1 Å². The van der Waals surface area contributed by atoms with E-state index in [1.165, 1.54) is 0 Å². The van der Waals surface area contributed by atoms with Gasteiger partial charge in [0.05, 0.1) is 18.5 Å². The summed E-state index contributed by atoms with van der Waals surface area (Å²) in [7, 11) is 0. The number of hydrogen-bond donors (Lipinski definition) is 4. The van der Waals surface area contributed by atoms with Crippen molar-refractivity contribution in [3.63, 3.8) is 0 Å². The number of fused-ring (bicyclic) bond motifs is 2. The molecule has 7 N–H and O–H groups in total. The van der Waals surface area contributed by atoms with Crippen molar-refractivity contribution in [3.8, 4) is 5.75 Å². The molecule has 0 saturated carbocycles. The fourth-order valence-corrected chi connectivity index (χ4v) is 3.85. The number of nitrogens with zero attached hydrogens (tertiary/aromatic N) is 5. The van der Waals surface area contributed by atoms with Crippen LogP contribution in [-0.2, 0) is 11.3 Å². The predicted molar refractivity (Wildman–Crippen MR) is 137 cm³/mol. The van der Waals surface area contributed by atoms with Crippen molar-refractivity contribution in [1.29, 1.82) is 0 Å². The quantitative estimate of drug-likeness (QED) is 0.264. The monoisotopic (exact) mass is 475 g/mol. The van der Waals surface area contributed by atoms with E-state index in [0.717, 1.165) is 22.1 Å². The van der Waals surface area contributed by atoms with E-state index < -0.39 is 0 Å². The largest absolute Gasteiger partial charge is 0.494 e. The number of amides is 1. The van der Waals surface area contributed by atoms with Crippen molar-refractivity contribution in [2.75, 3.05) is 42.6 Å². The Morgan fingerprint density at radius 3 is 2.71 bits per heavy atom. The van der Waals surface area contributed by atoms with Crippen LogP contribution in [0.5, 0.6) is 5.75 Å². The molecule has 0 aliphatic heterocycles. The third kappa shape index (κ3) is 5.46. The van der Waals surface area contributed by atoms with Crippen LogP contribution in [0.2, 0.25) is 0 Å². The van der Waals surface area contributed by atoms with Gasteiger partial charge in [0, 0.05) is 37.8 Å². The third-order valence-corrected chi connectivity index (χ3v) is 5.49. The molecule has 0 unspecified atom stereocenters. The zero-order valence-corrected chi connectivity index (χ0v) is 19.6. The van der Waals surface area contributed by atoms with E-state index in [0.29, 0.717) is 49.8 Å². The lowest BCUT2D eigenvalue weighted by molar-refractivity contribution is -0.120. The first-order valence-electron chi connectivity index (χ1n) is 11.4. The maximum atomic E-state index is 12.4. The average Bonchev–Trinajstić information content (AvgIpc) is 2.85. The molecular weight excluding hydrogens is 446 g/mol. The molecule has 0 saturated heterocycles. The number of carbonyl (C=O) groups excluding carboxylic acids is 1. The zero-order valence-electron chi connectivity index (χ0n) is 19.6. The van der Waals surface area contributed by atoms with Crippen LogP contribution in [0, 0.1) is 0 Å². The van der Waals surface area contributed by atoms with Crippen LogP contribution in [0.3, 0.4) is 0 Å². The smallest absolute Gasteiger partial charge is 0.227 e. The number of carbonyl (C=O) groups is 1. The Kier molecular flexibility index (Phi) is 7.36. The van der Waals surface area contributed by atoms with Gasteiger partial charge in [-0.2, -0.15) is 15.0 Å². The minimum absolute atomic E-state index is 0.0278. The molecule has 0 fully saturated rings. The molecule has 182 valence electrons. The van der Waals surface area contributed by atoms with Crippen LogP contribution in [0.25, 0.3) is 21.8 Å². The second kappa shape index (κ2) is 10.8. The lowest BCUT2D eigenvalue weighted by Gasteiger charge is -2.25. The maximum Gasteiger partial charge on any atom is 0.227 e. The Morgan fingerprint density at radius 2 is 1.91 bits per heavy atom. The molecule has 0 radical (unpaired) electrons. The highest BCUT2D eigenvalue weighted by Crippen LogP contribution is 2.31. The highest BCUT2D eigenvalue weighted by atomic mass is 16.5. The van der Waals surface area contributed by atoms with E-state index in [2.05, 4.69) is 31.3 Å². The van der Waals surface area contributed by atoms with E-state index in [1.54, 1.807) is 6.20 Å². The Hall–Kier alpha value is -4.25. The number of nitrogens with one attached hydrogen (secondary N) is 1. The average molecular weight is 476 g/mol. The number of hydrogen-bond acceptors (Lipinski definition) is 10. The number of ether oxygens (including phenoxy) is 1. The summed E-state index contributed by atoms with van der Waals surface area (Å²) < 4.78 is 5.95. The summed E-state index contributed by atoms with van der Waals surface area (Å²) in [5.41, 5.74) is 18.6. The van der Waals surface area contributed by atoms with E-state index in [9.17, 15) is 4.79 Å². The molecule has 11 nitrogen and oxygen atoms in total. The van der Waals surface area contributed by atoms with Gasteiger partial charge in [-0.3, -0.25) is 4.79 Å². The molecule has 2 aromatic heterocycles. The number of rotatable bonds is 10. The van der Waals surface area contributed by atoms with Crippen LogP contribution in [-0.4, -0.2) is 52.1 Å². The van der Waals surface area contributed by atoms with Crippen LogP contribution >= 0.6 is 0 Å². The molecule has 0 bridgehead atoms. The molecule has 35 heavy (non-hydrogen) atoms. The van der Waals surface area contributed by atoms with Gasteiger partial charge < -0.3 is 32.2 Å². The summed E-state index contributed by atoms with van der Waals surface area (Å²) in [6, 6.07) is 12.1. The number of nitrogens with two attached hydrogens (primary N) is 3. The summed E-state index contributed by atoms with van der Waals surface area (Å²) in [6.45, 7) is 4.02. The fourth-order valence-electron chi connectivity index (χ4n) is 3.85. The molecule has 2 aromatic carbocycles. The van der Waals surface area contributed by atoms with Crippen molar-refractivity contribution < 1.29 is 9.53 Å². The lowest BCUT2D eigenvalue weighted by Crippen LogP contribution is -2.34. The fraction of sp³-hybridized carbons (Fsp3) is 0.292. The summed E-state index contributed by atoms with van der Waals surface area (Å²) >= 11 is 0. The molecule has 0 aliphatic carbocycles. The molecule has 4 rings (SSSR count). The van der Waals surface area contributed by atoms with Gasteiger partial charge in [-0.15, -0.1) is 0 Å². The Labute approximate surface area is 202 Å². The minimum Gasteiger partial charge on any atom is -0.494 e. The number of anilines is 3. The molecule has 0 spiro atoms. The summed E-state index contributed by atoms with van der Waals surface area (Å²) in [5, 5.41) is 5.43. The van der Waals surface area contributed by atoms with Crippen LogP contribution in [0.1, 0.15) is 18.9 Å². The first-order chi connectivity index (χ1) is 17.0. The van der Waals surface area contributed by atoms with Crippen molar-refractivity contribution in [3.05, 3.63) is 48.2 Å². The maximum absolute atomic E-state index is 12.4. The van der Waals surface area contributed by atoms with Crippen LogP contribution < -0.4 is 32.2 Å². The zero-order chi connectivity index (χ0) is 24.8.